The zero-order valence-corrected chi connectivity index (χ0v) is 18.5. The SMILES string of the molecule is C[C@]1(COc2ccc(-n3cc(-c4cccc(OC(F)(F)F)c4)nn3)cc2)Cn2cc([N+](=O)[O-])nc2O1. The van der Waals surface area contributed by atoms with Gasteiger partial charge in [-0.1, -0.05) is 17.3 Å². The lowest BCUT2D eigenvalue weighted by Gasteiger charge is -2.22. The third kappa shape index (κ3) is 4.92. The van der Waals surface area contributed by atoms with Crippen molar-refractivity contribution in [1.29, 1.82) is 0 Å². The highest BCUT2D eigenvalue weighted by Crippen LogP contribution is 2.32. The first-order valence-corrected chi connectivity index (χ1v) is 10.5. The van der Waals surface area contributed by atoms with Crippen LogP contribution in [0.15, 0.2) is 60.9 Å². The molecule has 0 N–H and O–H groups in total. The molecule has 186 valence electrons. The van der Waals surface area contributed by atoms with Gasteiger partial charge in [-0.2, -0.15) is 0 Å². The molecular weight excluding hydrogens is 485 g/mol. The predicted molar refractivity (Wildman–Crippen MR) is 117 cm³/mol. The summed E-state index contributed by atoms with van der Waals surface area (Å²) in [5.74, 6) is -0.0728. The molecule has 2 aromatic heterocycles. The first-order valence-electron chi connectivity index (χ1n) is 10.5. The Bertz CT molecular complexity index is 1390. The third-order valence-corrected chi connectivity index (χ3v) is 5.26. The molecule has 1 atom stereocenters. The van der Waals surface area contributed by atoms with Crippen molar-refractivity contribution in [2.24, 2.45) is 0 Å². The van der Waals surface area contributed by atoms with Gasteiger partial charge in [-0.15, -0.1) is 18.3 Å². The highest BCUT2D eigenvalue weighted by molar-refractivity contribution is 5.60. The quantitative estimate of drug-likeness (QED) is 0.273. The van der Waals surface area contributed by atoms with Gasteiger partial charge >= 0.3 is 18.2 Å². The van der Waals surface area contributed by atoms with E-state index in [1.54, 1.807) is 41.1 Å². The first-order chi connectivity index (χ1) is 17.1. The van der Waals surface area contributed by atoms with E-state index in [0.29, 0.717) is 29.2 Å². The van der Waals surface area contributed by atoms with Crippen molar-refractivity contribution < 1.29 is 32.3 Å². The number of halogens is 3. The molecule has 5 rings (SSSR count). The van der Waals surface area contributed by atoms with Crippen molar-refractivity contribution in [3.05, 3.63) is 71.0 Å². The number of rotatable bonds is 7. The zero-order chi connectivity index (χ0) is 25.5. The molecule has 1 aliphatic heterocycles. The van der Waals surface area contributed by atoms with Crippen molar-refractivity contribution in [2.45, 2.75) is 25.4 Å². The number of alkyl halides is 3. The number of aromatic nitrogens is 5. The van der Waals surface area contributed by atoms with Crippen molar-refractivity contribution in [3.63, 3.8) is 0 Å². The van der Waals surface area contributed by atoms with Gasteiger partial charge in [-0.25, -0.2) is 4.68 Å². The van der Waals surface area contributed by atoms with Crippen LogP contribution >= 0.6 is 0 Å². The Hall–Kier alpha value is -4.62. The minimum Gasteiger partial charge on any atom is -0.489 e. The number of imidazole rings is 1. The third-order valence-electron chi connectivity index (χ3n) is 5.26. The van der Waals surface area contributed by atoms with Crippen LogP contribution in [0, 0.1) is 10.1 Å². The van der Waals surface area contributed by atoms with Gasteiger partial charge in [-0.05, 0) is 48.2 Å². The highest BCUT2D eigenvalue weighted by atomic mass is 19.4. The summed E-state index contributed by atoms with van der Waals surface area (Å²) in [5, 5.41) is 18.9. The smallest absolute Gasteiger partial charge is 0.489 e. The van der Waals surface area contributed by atoms with Gasteiger partial charge in [0.15, 0.2) is 5.60 Å². The van der Waals surface area contributed by atoms with Crippen LogP contribution in [-0.4, -0.2) is 48.0 Å². The molecule has 0 saturated carbocycles. The minimum atomic E-state index is -4.79. The van der Waals surface area contributed by atoms with E-state index in [2.05, 4.69) is 20.0 Å². The standard InChI is InChI=1S/C22H17F3N6O5/c1-21(12-29-11-19(31(32)33)26-20(29)36-21)13-34-16-7-5-15(6-8-16)30-10-18(27-28-30)14-3-2-4-17(9-14)35-22(23,24)25/h2-11H,12-13H2,1H3/t21-/m1/s1. The lowest BCUT2D eigenvalue weighted by molar-refractivity contribution is -0.389. The van der Waals surface area contributed by atoms with Gasteiger partial charge in [0, 0.05) is 10.5 Å². The van der Waals surface area contributed by atoms with Crippen molar-refractivity contribution >= 4 is 5.82 Å². The summed E-state index contributed by atoms with van der Waals surface area (Å²) < 4.78 is 56.0. The summed E-state index contributed by atoms with van der Waals surface area (Å²) in [6.45, 7) is 2.33. The molecule has 0 amide bonds. The van der Waals surface area contributed by atoms with Crippen LogP contribution in [-0.2, 0) is 6.54 Å². The molecule has 4 aromatic rings. The fourth-order valence-corrected chi connectivity index (χ4v) is 3.66. The Morgan fingerprint density at radius 3 is 2.64 bits per heavy atom. The van der Waals surface area contributed by atoms with Crippen molar-refractivity contribution in [1.82, 2.24) is 24.5 Å². The Morgan fingerprint density at radius 2 is 1.94 bits per heavy atom. The minimum absolute atomic E-state index is 0.167. The van der Waals surface area contributed by atoms with Gasteiger partial charge in [-0.3, -0.25) is 4.57 Å². The molecular formula is C22H17F3N6O5. The second kappa shape index (κ2) is 8.55. The van der Waals surface area contributed by atoms with Crippen LogP contribution in [0.4, 0.5) is 19.0 Å². The number of nitro groups is 1. The fourth-order valence-electron chi connectivity index (χ4n) is 3.66. The van der Waals surface area contributed by atoms with E-state index in [-0.39, 0.29) is 24.2 Å². The Labute approximate surface area is 200 Å². The summed E-state index contributed by atoms with van der Waals surface area (Å²) in [7, 11) is 0. The van der Waals surface area contributed by atoms with Crippen LogP contribution in [0.2, 0.25) is 0 Å². The van der Waals surface area contributed by atoms with Crippen LogP contribution in [0.1, 0.15) is 6.92 Å². The van der Waals surface area contributed by atoms with Crippen molar-refractivity contribution in [3.8, 4) is 34.5 Å². The number of benzene rings is 2. The van der Waals surface area contributed by atoms with Gasteiger partial charge in [0.25, 0.3) is 0 Å². The molecule has 0 fully saturated rings. The van der Waals surface area contributed by atoms with Crippen LogP contribution < -0.4 is 14.2 Å². The highest BCUT2D eigenvalue weighted by Gasteiger charge is 2.41. The van der Waals surface area contributed by atoms with Crippen LogP contribution in [0.3, 0.4) is 0 Å². The van der Waals surface area contributed by atoms with Gasteiger partial charge in [0.05, 0.1) is 18.4 Å². The molecule has 0 radical (unpaired) electrons. The number of ether oxygens (including phenoxy) is 3. The maximum absolute atomic E-state index is 12.5. The molecule has 1 aliphatic rings. The molecule has 0 bridgehead atoms. The zero-order valence-electron chi connectivity index (χ0n) is 18.5. The number of hydrogen-bond donors (Lipinski definition) is 0. The average molecular weight is 502 g/mol. The molecule has 0 aliphatic carbocycles. The number of nitrogens with zero attached hydrogens (tertiary/aromatic N) is 6. The summed E-state index contributed by atoms with van der Waals surface area (Å²) in [4.78, 5) is 14.1. The van der Waals surface area contributed by atoms with E-state index in [9.17, 15) is 23.3 Å². The fraction of sp³-hybridized carbons (Fsp3) is 0.227. The first kappa shape index (κ1) is 23.1. The lowest BCUT2D eigenvalue weighted by Crippen LogP contribution is -2.38. The largest absolute Gasteiger partial charge is 0.573 e. The Morgan fingerprint density at radius 1 is 1.17 bits per heavy atom. The second-order valence-electron chi connectivity index (χ2n) is 8.23. The van der Waals surface area contributed by atoms with E-state index < -0.39 is 16.9 Å². The molecule has 3 heterocycles. The molecule has 2 aromatic carbocycles. The van der Waals surface area contributed by atoms with Gasteiger partial charge in [0.1, 0.15) is 30.0 Å². The molecule has 0 unspecified atom stereocenters. The van der Waals surface area contributed by atoms with Crippen LogP contribution in [0.25, 0.3) is 16.9 Å². The summed E-state index contributed by atoms with van der Waals surface area (Å²) >= 11 is 0. The normalized spacial score (nSPS) is 16.9. The monoisotopic (exact) mass is 502 g/mol. The predicted octanol–water partition coefficient (Wildman–Crippen LogP) is 4.17. The van der Waals surface area contributed by atoms with E-state index in [0.717, 1.165) is 0 Å². The molecule has 36 heavy (non-hydrogen) atoms. The van der Waals surface area contributed by atoms with E-state index in [1.165, 1.54) is 29.1 Å². The second-order valence-corrected chi connectivity index (χ2v) is 8.23. The number of hydrogen-bond acceptors (Lipinski definition) is 8. The van der Waals surface area contributed by atoms with Crippen LogP contribution in [0.5, 0.6) is 17.5 Å². The Balaban J connectivity index is 1.22. The molecule has 11 nitrogen and oxygen atoms in total. The average Bonchev–Trinajstić information content (AvgIpc) is 3.51. The van der Waals surface area contributed by atoms with E-state index in [4.69, 9.17) is 9.47 Å². The summed E-state index contributed by atoms with van der Waals surface area (Å²) in [6, 6.07) is 12.6. The number of fused-ring (bicyclic) bond motifs is 1. The molecule has 0 saturated heterocycles. The topological polar surface area (TPSA) is 119 Å². The lowest BCUT2D eigenvalue weighted by atomic mass is 10.1. The maximum Gasteiger partial charge on any atom is 0.573 e. The molecule has 14 heteroatoms. The van der Waals surface area contributed by atoms with Gasteiger partial charge in [0.2, 0.25) is 0 Å². The maximum atomic E-state index is 12.5. The van der Waals surface area contributed by atoms with E-state index in [1.807, 2.05) is 6.92 Å². The van der Waals surface area contributed by atoms with E-state index >= 15 is 0 Å². The summed E-state index contributed by atoms with van der Waals surface area (Å²) in [6.07, 6.45) is -1.89. The molecule has 0 spiro atoms. The van der Waals surface area contributed by atoms with Gasteiger partial charge < -0.3 is 24.3 Å². The van der Waals surface area contributed by atoms with Crippen molar-refractivity contribution in [2.75, 3.05) is 6.61 Å². The summed E-state index contributed by atoms with van der Waals surface area (Å²) in [5.41, 5.74) is 0.686. The Kier molecular flexibility index (Phi) is 5.50.